The van der Waals surface area contributed by atoms with Crippen LogP contribution < -0.4 is 10.6 Å². The third-order valence-electron chi connectivity index (χ3n) is 6.75. The van der Waals surface area contributed by atoms with Crippen molar-refractivity contribution in [3.8, 4) is 11.1 Å². The summed E-state index contributed by atoms with van der Waals surface area (Å²) in [7, 11) is 0. The number of rotatable bonds is 12. The summed E-state index contributed by atoms with van der Waals surface area (Å²) in [6.07, 6.45) is 2.16. The SMILES string of the molecule is CCCC(C)(NC(=O)CCC(C)CCNC(=O)OCC1c2ccccc2-c2ccccc21)C(=O)O. The second kappa shape index (κ2) is 11.9. The average molecular weight is 481 g/mol. The summed E-state index contributed by atoms with van der Waals surface area (Å²) in [5.74, 6) is -1.07. The van der Waals surface area contributed by atoms with Gasteiger partial charge in [0.25, 0.3) is 0 Å². The highest BCUT2D eigenvalue weighted by Gasteiger charge is 2.33. The first-order valence-corrected chi connectivity index (χ1v) is 12.4. The molecule has 0 radical (unpaired) electrons. The molecule has 0 spiro atoms. The quantitative estimate of drug-likeness (QED) is 0.392. The van der Waals surface area contributed by atoms with Gasteiger partial charge in [-0.3, -0.25) is 4.79 Å². The van der Waals surface area contributed by atoms with E-state index in [4.69, 9.17) is 4.74 Å². The van der Waals surface area contributed by atoms with Crippen LogP contribution in [0.5, 0.6) is 0 Å². The van der Waals surface area contributed by atoms with Gasteiger partial charge < -0.3 is 20.5 Å². The van der Waals surface area contributed by atoms with Crippen molar-refractivity contribution < 1.29 is 24.2 Å². The minimum atomic E-state index is -1.24. The van der Waals surface area contributed by atoms with Crippen LogP contribution in [-0.4, -0.2) is 41.8 Å². The van der Waals surface area contributed by atoms with Crippen molar-refractivity contribution in [1.82, 2.24) is 10.6 Å². The summed E-state index contributed by atoms with van der Waals surface area (Å²) in [6, 6.07) is 16.4. The normalized spacial score (nSPS) is 14.8. The van der Waals surface area contributed by atoms with Gasteiger partial charge in [0.15, 0.2) is 0 Å². The van der Waals surface area contributed by atoms with E-state index < -0.39 is 17.6 Å². The first-order valence-electron chi connectivity index (χ1n) is 12.4. The van der Waals surface area contributed by atoms with Gasteiger partial charge in [0.2, 0.25) is 5.91 Å². The van der Waals surface area contributed by atoms with Crippen molar-refractivity contribution in [2.75, 3.05) is 13.2 Å². The predicted molar refractivity (Wildman–Crippen MR) is 135 cm³/mol. The van der Waals surface area contributed by atoms with E-state index in [0.717, 1.165) is 0 Å². The van der Waals surface area contributed by atoms with Crippen LogP contribution in [-0.2, 0) is 14.3 Å². The predicted octanol–water partition coefficient (Wildman–Crippen LogP) is 5.09. The van der Waals surface area contributed by atoms with E-state index in [1.54, 1.807) is 6.92 Å². The van der Waals surface area contributed by atoms with Gasteiger partial charge >= 0.3 is 12.1 Å². The molecule has 0 saturated heterocycles. The van der Waals surface area contributed by atoms with E-state index in [2.05, 4.69) is 34.9 Å². The highest BCUT2D eigenvalue weighted by atomic mass is 16.5. The van der Waals surface area contributed by atoms with Gasteiger partial charge in [-0.25, -0.2) is 9.59 Å². The van der Waals surface area contributed by atoms with Crippen LogP contribution >= 0.6 is 0 Å². The van der Waals surface area contributed by atoms with Crippen LogP contribution in [0.2, 0.25) is 0 Å². The molecule has 0 aromatic heterocycles. The second-order valence-electron chi connectivity index (χ2n) is 9.62. The molecule has 0 bridgehead atoms. The molecule has 1 aliphatic rings. The summed E-state index contributed by atoms with van der Waals surface area (Å²) in [5.41, 5.74) is 3.49. The third-order valence-corrected chi connectivity index (χ3v) is 6.75. The standard InChI is InChI=1S/C28H36N2O5/c1-4-16-28(3,26(32)33)30-25(31)14-13-19(2)15-17-29-27(34)35-18-24-22-11-7-5-9-20(22)21-10-6-8-12-23(21)24/h5-12,19,24H,4,13-18H2,1-3H3,(H,29,34)(H,30,31)(H,32,33). The number of nitrogens with one attached hydrogen (secondary N) is 2. The van der Waals surface area contributed by atoms with E-state index in [0.29, 0.717) is 32.2 Å². The smallest absolute Gasteiger partial charge is 0.407 e. The molecule has 7 nitrogen and oxygen atoms in total. The lowest BCUT2D eigenvalue weighted by molar-refractivity contribution is -0.147. The van der Waals surface area contributed by atoms with Crippen LogP contribution in [0.1, 0.15) is 69.9 Å². The zero-order valence-corrected chi connectivity index (χ0v) is 20.8. The molecule has 2 unspecified atom stereocenters. The first-order chi connectivity index (χ1) is 16.7. The Morgan fingerprint density at radius 2 is 1.63 bits per heavy atom. The fourth-order valence-corrected chi connectivity index (χ4v) is 4.69. The lowest BCUT2D eigenvalue weighted by Gasteiger charge is -2.26. The third kappa shape index (κ3) is 6.62. The number of alkyl carbamates (subject to hydrolysis) is 1. The zero-order valence-electron chi connectivity index (χ0n) is 20.8. The minimum Gasteiger partial charge on any atom is -0.480 e. The van der Waals surface area contributed by atoms with Gasteiger partial charge in [-0.2, -0.15) is 0 Å². The molecule has 0 heterocycles. The molecule has 2 aromatic rings. The summed E-state index contributed by atoms with van der Waals surface area (Å²) in [6.45, 7) is 6.16. The van der Waals surface area contributed by atoms with Crippen molar-refractivity contribution in [3.63, 3.8) is 0 Å². The summed E-state index contributed by atoms with van der Waals surface area (Å²) >= 11 is 0. The number of carboxylic acid groups (broad SMARTS) is 1. The van der Waals surface area contributed by atoms with Gasteiger partial charge in [-0.05, 0) is 54.4 Å². The molecule has 2 aromatic carbocycles. The topological polar surface area (TPSA) is 105 Å². The van der Waals surface area contributed by atoms with Gasteiger partial charge in [0.1, 0.15) is 12.1 Å². The highest BCUT2D eigenvalue weighted by Crippen LogP contribution is 2.44. The highest BCUT2D eigenvalue weighted by molar-refractivity contribution is 5.86. The van der Waals surface area contributed by atoms with Gasteiger partial charge in [-0.15, -0.1) is 0 Å². The fourth-order valence-electron chi connectivity index (χ4n) is 4.69. The lowest BCUT2D eigenvalue weighted by atomic mass is 9.95. The Morgan fingerprint density at radius 3 is 2.20 bits per heavy atom. The van der Waals surface area contributed by atoms with Crippen molar-refractivity contribution in [2.24, 2.45) is 5.92 Å². The van der Waals surface area contributed by atoms with Crippen LogP contribution in [0, 0.1) is 5.92 Å². The number of carboxylic acids is 1. The molecular weight excluding hydrogens is 444 g/mol. The number of ether oxygens (including phenoxy) is 1. The Morgan fingerprint density at radius 1 is 1.03 bits per heavy atom. The number of amides is 2. The molecule has 0 fully saturated rings. The van der Waals surface area contributed by atoms with E-state index in [1.165, 1.54) is 22.3 Å². The van der Waals surface area contributed by atoms with Crippen molar-refractivity contribution in [1.29, 1.82) is 0 Å². The molecule has 35 heavy (non-hydrogen) atoms. The number of hydrogen-bond donors (Lipinski definition) is 3. The maximum Gasteiger partial charge on any atom is 0.407 e. The van der Waals surface area contributed by atoms with Crippen LogP contribution in [0.15, 0.2) is 48.5 Å². The molecule has 3 rings (SSSR count). The lowest BCUT2D eigenvalue weighted by Crippen LogP contribution is -2.52. The summed E-state index contributed by atoms with van der Waals surface area (Å²) in [5, 5.41) is 14.9. The molecule has 7 heteroatoms. The van der Waals surface area contributed by atoms with Crippen LogP contribution in [0.3, 0.4) is 0 Å². The van der Waals surface area contributed by atoms with E-state index in [9.17, 15) is 19.5 Å². The average Bonchev–Trinajstić information content (AvgIpc) is 3.15. The molecule has 0 aliphatic heterocycles. The number of benzene rings is 2. The maximum absolute atomic E-state index is 12.3. The van der Waals surface area contributed by atoms with Crippen LogP contribution in [0.4, 0.5) is 4.79 Å². The number of carbonyl (C=O) groups excluding carboxylic acids is 2. The van der Waals surface area contributed by atoms with Crippen LogP contribution in [0.25, 0.3) is 11.1 Å². The molecule has 0 saturated carbocycles. The van der Waals surface area contributed by atoms with Gasteiger partial charge in [0, 0.05) is 18.9 Å². The van der Waals surface area contributed by atoms with E-state index in [-0.39, 0.29) is 30.8 Å². The Bertz CT molecular complexity index is 1010. The molecule has 2 atom stereocenters. The Balaban J connectivity index is 1.39. The van der Waals surface area contributed by atoms with Gasteiger partial charge in [-0.1, -0.05) is 68.8 Å². The number of fused-ring (bicyclic) bond motifs is 3. The van der Waals surface area contributed by atoms with Crippen molar-refractivity contribution >= 4 is 18.0 Å². The largest absolute Gasteiger partial charge is 0.480 e. The Kier molecular flexibility index (Phi) is 8.90. The monoisotopic (exact) mass is 480 g/mol. The summed E-state index contributed by atoms with van der Waals surface area (Å²) in [4.78, 5) is 36.0. The molecule has 1 aliphatic carbocycles. The summed E-state index contributed by atoms with van der Waals surface area (Å²) < 4.78 is 5.55. The Hall–Kier alpha value is -3.35. The zero-order chi connectivity index (χ0) is 25.4. The first kappa shape index (κ1) is 26.3. The fraction of sp³-hybridized carbons (Fsp3) is 0.464. The number of carbonyl (C=O) groups is 3. The molecular formula is C28H36N2O5. The molecule has 3 N–H and O–H groups in total. The van der Waals surface area contributed by atoms with Crippen molar-refractivity contribution in [3.05, 3.63) is 59.7 Å². The van der Waals surface area contributed by atoms with Gasteiger partial charge in [0.05, 0.1) is 0 Å². The minimum absolute atomic E-state index is 0.0229. The molecule has 188 valence electrons. The molecule has 2 amide bonds. The second-order valence-corrected chi connectivity index (χ2v) is 9.62. The number of aliphatic carboxylic acids is 1. The Labute approximate surface area is 207 Å². The number of hydrogen-bond acceptors (Lipinski definition) is 4. The van der Waals surface area contributed by atoms with E-state index >= 15 is 0 Å². The van der Waals surface area contributed by atoms with Crippen molar-refractivity contribution in [2.45, 2.75) is 64.3 Å². The maximum atomic E-state index is 12.3. The van der Waals surface area contributed by atoms with E-state index in [1.807, 2.05) is 38.1 Å².